The Morgan fingerprint density at radius 2 is 1.94 bits per heavy atom. The third-order valence-corrected chi connectivity index (χ3v) is 2.23. The van der Waals surface area contributed by atoms with Crippen LogP contribution in [-0.4, -0.2) is 22.8 Å². The summed E-state index contributed by atoms with van der Waals surface area (Å²) in [6, 6.07) is 9.48. The van der Waals surface area contributed by atoms with Crippen molar-refractivity contribution in [3.05, 3.63) is 36.2 Å². The molecular weight excluding hydrogens is 204 g/mol. The van der Waals surface area contributed by atoms with Crippen molar-refractivity contribution < 1.29 is 4.42 Å². The molecule has 0 spiro atoms. The molecule has 84 valence electrons. The summed E-state index contributed by atoms with van der Waals surface area (Å²) >= 11 is 0. The average molecular weight is 218 g/mol. The summed E-state index contributed by atoms with van der Waals surface area (Å²) in [4.78, 5) is 0. The molecule has 1 atom stereocenters. The van der Waals surface area contributed by atoms with Crippen molar-refractivity contribution in [3.63, 3.8) is 0 Å². The van der Waals surface area contributed by atoms with E-state index in [2.05, 4.69) is 10.2 Å². The molecule has 0 bridgehead atoms. The molecule has 1 unspecified atom stereocenters. The molecule has 1 aromatic carbocycles. The lowest BCUT2D eigenvalue weighted by Gasteiger charge is -2.02. The first kappa shape index (κ1) is 10.8. The second-order valence-corrected chi connectivity index (χ2v) is 3.57. The molecular formula is C11H14N4O. The minimum absolute atomic E-state index is 0.135. The molecule has 1 aromatic heterocycles. The summed E-state index contributed by atoms with van der Waals surface area (Å²) in [5.74, 6) is 1.04. The van der Waals surface area contributed by atoms with Gasteiger partial charge in [0, 0.05) is 24.6 Å². The molecule has 4 N–H and O–H groups in total. The molecule has 0 aliphatic carbocycles. The van der Waals surface area contributed by atoms with E-state index in [0.717, 1.165) is 5.56 Å². The van der Waals surface area contributed by atoms with Crippen molar-refractivity contribution in [1.82, 2.24) is 10.2 Å². The number of nitrogens with zero attached hydrogens (tertiary/aromatic N) is 2. The molecule has 2 aromatic rings. The number of benzene rings is 1. The maximum atomic E-state index is 5.70. The zero-order valence-corrected chi connectivity index (χ0v) is 8.84. The van der Waals surface area contributed by atoms with Crippen LogP contribution in [-0.2, 0) is 6.42 Å². The van der Waals surface area contributed by atoms with E-state index in [1.54, 1.807) is 0 Å². The number of hydrogen-bond donors (Lipinski definition) is 2. The Morgan fingerprint density at radius 1 is 1.19 bits per heavy atom. The van der Waals surface area contributed by atoms with Crippen LogP contribution in [0.3, 0.4) is 0 Å². The monoisotopic (exact) mass is 218 g/mol. The third-order valence-electron chi connectivity index (χ3n) is 2.23. The Bertz CT molecular complexity index is 440. The van der Waals surface area contributed by atoms with E-state index in [-0.39, 0.29) is 6.04 Å². The standard InChI is InChI=1S/C11H14N4O/c12-7-9(13)6-10-14-15-11(16-10)8-4-2-1-3-5-8/h1-5,9H,6-7,12-13H2. The van der Waals surface area contributed by atoms with Crippen LogP contribution in [0.15, 0.2) is 34.7 Å². The Balaban J connectivity index is 2.14. The van der Waals surface area contributed by atoms with Crippen molar-refractivity contribution >= 4 is 0 Å². The Morgan fingerprint density at radius 3 is 2.62 bits per heavy atom. The minimum atomic E-state index is -0.135. The number of nitrogens with two attached hydrogens (primary N) is 2. The van der Waals surface area contributed by atoms with Gasteiger partial charge in [-0.05, 0) is 12.1 Å². The lowest BCUT2D eigenvalue weighted by Crippen LogP contribution is -2.31. The van der Waals surface area contributed by atoms with E-state index >= 15 is 0 Å². The maximum absolute atomic E-state index is 5.70. The molecule has 5 heteroatoms. The molecule has 1 heterocycles. The van der Waals surface area contributed by atoms with E-state index < -0.39 is 0 Å². The SMILES string of the molecule is NCC(N)Cc1nnc(-c2ccccc2)o1. The fraction of sp³-hybridized carbons (Fsp3) is 0.273. The van der Waals surface area contributed by atoms with Gasteiger partial charge in [-0.3, -0.25) is 0 Å². The van der Waals surface area contributed by atoms with Gasteiger partial charge in [0.1, 0.15) is 0 Å². The zero-order chi connectivity index (χ0) is 11.4. The molecule has 0 aliphatic rings. The molecule has 0 radical (unpaired) electrons. The first-order chi connectivity index (χ1) is 7.79. The van der Waals surface area contributed by atoms with Crippen LogP contribution in [0.1, 0.15) is 5.89 Å². The highest BCUT2D eigenvalue weighted by Gasteiger charge is 2.10. The van der Waals surface area contributed by atoms with E-state index in [1.807, 2.05) is 30.3 Å². The van der Waals surface area contributed by atoms with Crippen molar-refractivity contribution in [1.29, 1.82) is 0 Å². The molecule has 5 nitrogen and oxygen atoms in total. The largest absolute Gasteiger partial charge is 0.421 e. The van der Waals surface area contributed by atoms with Crippen LogP contribution in [0.4, 0.5) is 0 Å². The van der Waals surface area contributed by atoms with Gasteiger partial charge in [-0.1, -0.05) is 18.2 Å². The highest BCUT2D eigenvalue weighted by atomic mass is 16.4. The van der Waals surface area contributed by atoms with Gasteiger partial charge in [0.2, 0.25) is 11.8 Å². The lowest BCUT2D eigenvalue weighted by atomic mass is 10.2. The van der Waals surface area contributed by atoms with E-state index in [4.69, 9.17) is 15.9 Å². The van der Waals surface area contributed by atoms with Crippen LogP contribution < -0.4 is 11.5 Å². The van der Waals surface area contributed by atoms with Crippen LogP contribution in [0.25, 0.3) is 11.5 Å². The second kappa shape index (κ2) is 4.87. The molecule has 0 aliphatic heterocycles. The Kier molecular flexibility index (Phi) is 3.28. The van der Waals surface area contributed by atoms with Gasteiger partial charge in [0.25, 0.3) is 0 Å². The summed E-state index contributed by atoms with van der Waals surface area (Å²) < 4.78 is 5.48. The molecule has 0 saturated heterocycles. The Labute approximate surface area is 93.5 Å². The number of hydrogen-bond acceptors (Lipinski definition) is 5. The quantitative estimate of drug-likeness (QED) is 0.782. The highest BCUT2D eigenvalue weighted by Crippen LogP contribution is 2.17. The van der Waals surface area contributed by atoms with Crippen molar-refractivity contribution in [2.24, 2.45) is 11.5 Å². The van der Waals surface area contributed by atoms with Gasteiger partial charge < -0.3 is 15.9 Å². The maximum Gasteiger partial charge on any atom is 0.247 e. The van der Waals surface area contributed by atoms with Gasteiger partial charge in [0.15, 0.2) is 0 Å². The van der Waals surface area contributed by atoms with Gasteiger partial charge >= 0.3 is 0 Å². The smallest absolute Gasteiger partial charge is 0.247 e. The van der Waals surface area contributed by atoms with Gasteiger partial charge in [-0.15, -0.1) is 10.2 Å². The predicted molar refractivity (Wildman–Crippen MR) is 60.5 cm³/mol. The van der Waals surface area contributed by atoms with E-state index in [9.17, 15) is 0 Å². The first-order valence-electron chi connectivity index (χ1n) is 5.13. The van der Waals surface area contributed by atoms with Crippen molar-refractivity contribution in [2.45, 2.75) is 12.5 Å². The first-order valence-corrected chi connectivity index (χ1v) is 5.13. The van der Waals surface area contributed by atoms with Crippen LogP contribution >= 0.6 is 0 Å². The molecule has 0 amide bonds. The topological polar surface area (TPSA) is 91.0 Å². The van der Waals surface area contributed by atoms with Crippen LogP contribution in [0.5, 0.6) is 0 Å². The van der Waals surface area contributed by atoms with Crippen LogP contribution in [0.2, 0.25) is 0 Å². The zero-order valence-electron chi connectivity index (χ0n) is 8.84. The third kappa shape index (κ3) is 2.44. The van der Waals surface area contributed by atoms with Crippen molar-refractivity contribution in [2.75, 3.05) is 6.54 Å². The molecule has 16 heavy (non-hydrogen) atoms. The highest BCUT2D eigenvalue weighted by molar-refractivity contribution is 5.51. The summed E-state index contributed by atoms with van der Waals surface area (Å²) in [6.07, 6.45) is 0.510. The summed E-state index contributed by atoms with van der Waals surface area (Å²) in [5, 5.41) is 7.89. The van der Waals surface area contributed by atoms with Crippen molar-refractivity contribution in [3.8, 4) is 11.5 Å². The molecule has 0 saturated carbocycles. The summed E-state index contributed by atoms with van der Waals surface area (Å²) in [7, 11) is 0. The fourth-order valence-corrected chi connectivity index (χ4v) is 1.34. The molecule has 2 rings (SSSR count). The van der Waals surface area contributed by atoms with Gasteiger partial charge in [0.05, 0.1) is 0 Å². The van der Waals surface area contributed by atoms with E-state index in [1.165, 1.54) is 0 Å². The second-order valence-electron chi connectivity index (χ2n) is 3.57. The lowest BCUT2D eigenvalue weighted by molar-refractivity contribution is 0.480. The molecule has 0 fully saturated rings. The van der Waals surface area contributed by atoms with E-state index in [0.29, 0.717) is 24.7 Å². The van der Waals surface area contributed by atoms with Gasteiger partial charge in [-0.25, -0.2) is 0 Å². The van der Waals surface area contributed by atoms with Crippen LogP contribution in [0, 0.1) is 0 Å². The summed E-state index contributed by atoms with van der Waals surface area (Å²) in [5.41, 5.74) is 12.0. The Hall–Kier alpha value is -1.72. The average Bonchev–Trinajstić information content (AvgIpc) is 2.78. The normalized spacial score (nSPS) is 12.6. The summed E-state index contributed by atoms with van der Waals surface area (Å²) in [6.45, 7) is 0.406. The van der Waals surface area contributed by atoms with Gasteiger partial charge in [-0.2, -0.15) is 0 Å². The predicted octanol–water partition coefficient (Wildman–Crippen LogP) is 0.565. The minimum Gasteiger partial charge on any atom is -0.421 e. The fourth-order valence-electron chi connectivity index (χ4n) is 1.34. The number of rotatable bonds is 4. The number of aromatic nitrogens is 2.